The molecule has 3 rings (SSSR count). The van der Waals surface area contributed by atoms with Crippen molar-refractivity contribution in [3.05, 3.63) is 71.5 Å². The molecule has 1 aliphatic rings. The van der Waals surface area contributed by atoms with E-state index in [1.54, 1.807) is 28.2 Å². The molecule has 1 fully saturated rings. The summed E-state index contributed by atoms with van der Waals surface area (Å²) < 4.78 is 40.9. The van der Waals surface area contributed by atoms with E-state index >= 15 is 0 Å². The topological polar surface area (TPSA) is 37.4 Å². The van der Waals surface area contributed by atoms with Crippen molar-refractivity contribution >= 4 is 21.8 Å². The lowest BCUT2D eigenvalue weighted by atomic mass is 10.1. The maximum atomic E-state index is 14.0. The molecule has 1 aliphatic heterocycles. The van der Waals surface area contributed by atoms with Gasteiger partial charge < -0.3 is 0 Å². The van der Waals surface area contributed by atoms with Gasteiger partial charge >= 0.3 is 0 Å². The zero-order chi connectivity index (χ0) is 17.0. The summed E-state index contributed by atoms with van der Waals surface area (Å²) in [6.45, 7) is 0.909. The van der Waals surface area contributed by atoms with E-state index in [9.17, 15) is 12.8 Å². The lowest BCUT2D eigenvalue weighted by molar-refractivity contribution is 0.426. The average Bonchev–Trinajstić information content (AvgIpc) is 2.82. The summed E-state index contributed by atoms with van der Waals surface area (Å²) >= 11 is 1.63. The molecule has 2 aromatic rings. The third-order valence-corrected chi connectivity index (χ3v) is 7.30. The quantitative estimate of drug-likeness (QED) is 0.826. The largest absolute Gasteiger partial charge is 0.218 e. The molecule has 24 heavy (non-hydrogen) atoms. The van der Waals surface area contributed by atoms with Gasteiger partial charge in [-0.25, -0.2) is 17.1 Å². The molecule has 1 unspecified atom stereocenters. The van der Waals surface area contributed by atoms with E-state index < -0.39 is 10.0 Å². The molecule has 0 aromatic heterocycles. The Balaban J connectivity index is 1.70. The van der Waals surface area contributed by atoms with Gasteiger partial charge in [0.15, 0.2) is 0 Å². The van der Waals surface area contributed by atoms with Gasteiger partial charge in [-0.3, -0.25) is 0 Å². The Morgan fingerprint density at radius 2 is 1.75 bits per heavy atom. The molecule has 0 N–H and O–H groups in total. The van der Waals surface area contributed by atoms with Gasteiger partial charge in [-0.05, 0) is 18.1 Å². The fourth-order valence-electron chi connectivity index (χ4n) is 2.89. The lowest BCUT2D eigenvalue weighted by Gasteiger charge is -2.20. The van der Waals surface area contributed by atoms with Crippen LogP contribution in [0.1, 0.15) is 22.8 Å². The second kappa shape index (κ2) is 7.68. The first-order chi connectivity index (χ1) is 11.6. The molecule has 1 atom stereocenters. The van der Waals surface area contributed by atoms with Gasteiger partial charge in [-0.15, -0.1) is 0 Å². The van der Waals surface area contributed by atoms with Gasteiger partial charge in [0.2, 0.25) is 10.0 Å². The maximum Gasteiger partial charge on any atom is 0.218 e. The van der Waals surface area contributed by atoms with Gasteiger partial charge in [-0.1, -0.05) is 48.5 Å². The maximum absolute atomic E-state index is 14.0. The fourth-order valence-corrected chi connectivity index (χ4v) is 5.81. The minimum absolute atomic E-state index is 0.00289. The molecule has 3 nitrogen and oxygen atoms in total. The molecule has 0 amide bonds. The number of benzene rings is 2. The van der Waals surface area contributed by atoms with Crippen LogP contribution in [0.4, 0.5) is 4.39 Å². The van der Waals surface area contributed by atoms with Gasteiger partial charge in [0.05, 0.1) is 5.75 Å². The first-order valence-electron chi connectivity index (χ1n) is 7.94. The Hall–Kier alpha value is -1.37. The van der Waals surface area contributed by atoms with Crippen molar-refractivity contribution in [3.63, 3.8) is 0 Å². The SMILES string of the molecule is O=S(=O)(Cc1ccccc1)N1CCSC(c2ccccc2F)CC1. The Morgan fingerprint density at radius 1 is 1.04 bits per heavy atom. The van der Waals surface area contributed by atoms with Crippen molar-refractivity contribution in [1.82, 2.24) is 4.31 Å². The number of hydrogen-bond donors (Lipinski definition) is 0. The third-order valence-electron chi connectivity index (χ3n) is 4.14. The highest BCUT2D eigenvalue weighted by Gasteiger charge is 2.27. The summed E-state index contributed by atoms with van der Waals surface area (Å²) in [5.41, 5.74) is 1.46. The Kier molecular flexibility index (Phi) is 5.58. The van der Waals surface area contributed by atoms with Gasteiger partial charge in [-0.2, -0.15) is 11.8 Å². The average molecular weight is 365 g/mol. The van der Waals surface area contributed by atoms with Gasteiger partial charge in [0.25, 0.3) is 0 Å². The lowest BCUT2D eigenvalue weighted by Crippen LogP contribution is -2.34. The fraction of sp³-hybridized carbons (Fsp3) is 0.333. The Morgan fingerprint density at radius 3 is 2.50 bits per heavy atom. The number of thioether (sulfide) groups is 1. The van der Waals surface area contributed by atoms with Crippen LogP contribution in [0.2, 0.25) is 0 Å². The summed E-state index contributed by atoms with van der Waals surface area (Å²) in [4.78, 5) is 0. The Bertz CT molecular complexity index is 781. The van der Waals surface area contributed by atoms with Crippen molar-refractivity contribution in [2.45, 2.75) is 17.4 Å². The molecular weight excluding hydrogens is 345 g/mol. The van der Waals surface area contributed by atoms with Crippen LogP contribution in [0.15, 0.2) is 54.6 Å². The predicted molar refractivity (Wildman–Crippen MR) is 96.9 cm³/mol. The van der Waals surface area contributed by atoms with Crippen molar-refractivity contribution in [2.75, 3.05) is 18.8 Å². The minimum atomic E-state index is -3.35. The molecule has 0 radical (unpaired) electrons. The molecule has 6 heteroatoms. The van der Waals surface area contributed by atoms with Crippen LogP contribution >= 0.6 is 11.8 Å². The number of rotatable bonds is 4. The summed E-state index contributed by atoms with van der Waals surface area (Å²) in [5.74, 6) is 0.478. The van der Waals surface area contributed by atoms with E-state index in [1.165, 1.54) is 6.07 Å². The van der Waals surface area contributed by atoms with Crippen molar-refractivity contribution in [2.24, 2.45) is 0 Å². The molecule has 1 saturated heterocycles. The molecular formula is C18H20FNO2S2. The molecule has 0 saturated carbocycles. The first kappa shape index (κ1) is 17.5. The van der Waals surface area contributed by atoms with E-state index in [0.717, 1.165) is 5.56 Å². The molecule has 1 heterocycles. The zero-order valence-corrected chi connectivity index (χ0v) is 14.9. The summed E-state index contributed by atoms with van der Waals surface area (Å²) in [6, 6.07) is 16.0. The number of halogens is 1. The number of nitrogens with zero attached hydrogens (tertiary/aromatic N) is 1. The normalized spacial score (nSPS) is 19.8. The van der Waals surface area contributed by atoms with Gasteiger partial charge in [0.1, 0.15) is 5.82 Å². The van der Waals surface area contributed by atoms with Crippen molar-refractivity contribution in [3.8, 4) is 0 Å². The second-order valence-electron chi connectivity index (χ2n) is 5.81. The number of sulfonamides is 1. The summed E-state index contributed by atoms with van der Waals surface area (Å²) in [5, 5.41) is 0.00289. The van der Waals surface area contributed by atoms with Crippen LogP contribution in [0, 0.1) is 5.82 Å². The smallest absolute Gasteiger partial charge is 0.212 e. The van der Waals surface area contributed by atoms with E-state index in [2.05, 4.69) is 0 Å². The summed E-state index contributed by atoms with van der Waals surface area (Å²) in [7, 11) is -3.35. The van der Waals surface area contributed by atoms with Crippen molar-refractivity contribution in [1.29, 1.82) is 0 Å². The van der Waals surface area contributed by atoms with Crippen LogP contribution in [0.5, 0.6) is 0 Å². The summed E-state index contributed by atoms with van der Waals surface area (Å²) in [6.07, 6.45) is 0.625. The zero-order valence-electron chi connectivity index (χ0n) is 13.3. The number of hydrogen-bond acceptors (Lipinski definition) is 3. The highest BCUT2D eigenvalue weighted by molar-refractivity contribution is 7.99. The van der Waals surface area contributed by atoms with Crippen LogP contribution in [-0.4, -0.2) is 31.6 Å². The van der Waals surface area contributed by atoms with E-state index in [-0.39, 0.29) is 16.8 Å². The van der Waals surface area contributed by atoms with Crippen LogP contribution < -0.4 is 0 Å². The third kappa shape index (κ3) is 4.18. The van der Waals surface area contributed by atoms with E-state index in [1.807, 2.05) is 36.4 Å². The minimum Gasteiger partial charge on any atom is -0.212 e. The second-order valence-corrected chi connectivity index (χ2v) is 9.09. The van der Waals surface area contributed by atoms with Crippen molar-refractivity contribution < 1.29 is 12.8 Å². The highest BCUT2D eigenvalue weighted by atomic mass is 32.2. The monoisotopic (exact) mass is 365 g/mol. The molecule has 2 aromatic carbocycles. The standard InChI is InChI=1S/C18H20FNO2S2/c19-17-9-5-4-8-16(17)18-10-11-20(12-13-23-18)24(21,22)14-15-6-2-1-3-7-15/h1-9,18H,10-14H2. The predicted octanol–water partition coefficient (Wildman–Crippen LogP) is 3.84. The van der Waals surface area contributed by atoms with E-state index in [0.29, 0.717) is 30.8 Å². The van der Waals surface area contributed by atoms with Gasteiger partial charge in [0, 0.05) is 29.7 Å². The first-order valence-corrected chi connectivity index (χ1v) is 10.6. The molecule has 128 valence electrons. The van der Waals surface area contributed by atoms with Crippen LogP contribution in [0.3, 0.4) is 0 Å². The van der Waals surface area contributed by atoms with Crippen LogP contribution in [0.25, 0.3) is 0 Å². The van der Waals surface area contributed by atoms with Crippen LogP contribution in [-0.2, 0) is 15.8 Å². The Labute approximate surface area is 146 Å². The molecule has 0 bridgehead atoms. The van der Waals surface area contributed by atoms with E-state index in [4.69, 9.17) is 0 Å². The molecule has 0 spiro atoms. The molecule has 0 aliphatic carbocycles. The highest BCUT2D eigenvalue weighted by Crippen LogP contribution is 2.36.